The molecule has 1 aromatic heterocycles. The highest BCUT2D eigenvalue weighted by Gasteiger charge is 2.19. The molecule has 8 heteroatoms. The molecule has 128 valence electrons. The summed E-state index contributed by atoms with van der Waals surface area (Å²) in [6, 6.07) is 6.36. The van der Waals surface area contributed by atoms with Crippen LogP contribution < -0.4 is 11.3 Å². The average molecular weight is 348 g/mol. The summed E-state index contributed by atoms with van der Waals surface area (Å²) in [7, 11) is -3.33. The molecule has 3 N–H and O–H groups in total. The first-order valence-electron chi connectivity index (χ1n) is 7.52. The standard InChI is InChI=1S/C16H20N4O3S/c1-4-13-15(16(21)20-17)19-14(9-18-13)11-5-7-12(8-6-11)24(22,23)10(2)3/h5-10H,4,17H2,1-3H3,(H,20,21). The number of benzene rings is 1. The Hall–Kier alpha value is -2.32. The van der Waals surface area contributed by atoms with Crippen LogP contribution in [0.15, 0.2) is 35.4 Å². The van der Waals surface area contributed by atoms with Gasteiger partial charge in [-0.2, -0.15) is 0 Å². The van der Waals surface area contributed by atoms with Gasteiger partial charge in [0.2, 0.25) is 0 Å². The molecule has 0 saturated heterocycles. The van der Waals surface area contributed by atoms with Gasteiger partial charge in [0.25, 0.3) is 5.91 Å². The molecule has 0 fully saturated rings. The predicted molar refractivity (Wildman–Crippen MR) is 90.8 cm³/mol. The van der Waals surface area contributed by atoms with Gasteiger partial charge in [-0.05, 0) is 32.4 Å². The van der Waals surface area contributed by atoms with Gasteiger partial charge < -0.3 is 0 Å². The van der Waals surface area contributed by atoms with Crippen molar-refractivity contribution in [1.82, 2.24) is 15.4 Å². The Morgan fingerprint density at radius 2 is 1.88 bits per heavy atom. The van der Waals surface area contributed by atoms with Gasteiger partial charge in [-0.25, -0.2) is 19.2 Å². The molecule has 2 aromatic rings. The van der Waals surface area contributed by atoms with Gasteiger partial charge in [-0.3, -0.25) is 15.2 Å². The van der Waals surface area contributed by atoms with Crippen molar-refractivity contribution in [3.8, 4) is 11.3 Å². The summed E-state index contributed by atoms with van der Waals surface area (Å²) in [6.45, 7) is 5.13. The van der Waals surface area contributed by atoms with Crippen LogP contribution in [0.5, 0.6) is 0 Å². The van der Waals surface area contributed by atoms with Crippen LogP contribution in [0.2, 0.25) is 0 Å². The highest BCUT2D eigenvalue weighted by atomic mass is 32.2. The zero-order valence-corrected chi connectivity index (χ0v) is 14.6. The van der Waals surface area contributed by atoms with Gasteiger partial charge in [0.05, 0.1) is 27.7 Å². The van der Waals surface area contributed by atoms with E-state index in [9.17, 15) is 13.2 Å². The molecule has 7 nitrogen and oxygen atoms in total. The van der Waals surface area contributed by atoms with Gasteiger partial charge in [-0.1, -0.05) is 19.1 Å². The third-order valence-electron chi connectivity index (χ3n) is 3.63. The third-order valence-corrected chi connectivity index (χ3v) is 5.80. The zero-order valence-electron chi connectivity index (χ0n) is 13.8. The number of carbonyl (C=O) groups is 1. The molecule has 2 rings (SSSR count). The van der Waals surface area contributed by atoms with E-state index in [2.05, 4.69) is 15.4 Å². The monoisotopic (exact) mass is 348 g/mol. The third kappa shape index (κ3) is 3.44. The highest BCUT2D eigenvalue weighted by Crippen LogP contribution is 2.22. The number of hydrogen-bond acceptors (Lipinski definition) is 6. The number of aryl methyl sites for hydroxylation is 1. The first-order valence-corrected chi connectivity index (χ1v) is 9.07. The van der Waals surface area contributed by atoms with Gasteiger partial charge in [0, 0.05) is 5.56 Å². The number of hydrazine groups is 1. The van der Waals surface area contributed by atoms with Gasteiger partial charge in [0.15, 0.2) is 15.5 Å². The van der Waals surface area contributed by atoms with Crippen molar-refractivity contribution < 1.29 is 13.2 Å². The van der Waals surface area contributed by atoms with Crippen molar-refractivity contribution in [2.45, 2.75) is 37.3 Å². The smallest absolute Gasteiger partial charge is 0.285 e. The number of nitrogens with one attached hydrogen (secondary N) is 1. The molecule has 0 bridgehead atoms. The largest absolute Gasteiger partial charge is 0.289 e. The Balaban J connectivity index is 2.44. The Kier molecular flexibility index (Phi) is 5.30. The second-order valence-corrected chi connectivity index (χ2v) is 8.00. The minimum atomic E-state index is -3.33. The molecule has 1 aromatic carbocycles. The molecule has 0 atom stereocenters. The Bertz CT molecular complexity index is 846. The van der Waals surface area contributed by atoms with Crippen LogP contribution in [-0.4, -0.2) is 29.5 Å². The summed E-state index contributed by atoms with van der Waals surface area (Å²) in [5.74, 6) is 4.66. The number of rotatable bonds is 5. The normalized spacial score (nSPS) is 11.5. The summed E-state index contributed by atoms with van der Waals surface area (Å²) in [4.78, 5) is 20.6. The van der Waals surface area contributed by atoms with Crippen molar-refractivity contribution in [2.75, 3.05) is 0 Å². The second kappa shape index (κ2) is 7.06. The van der Waals surface area contributed by atoms with Crippen molar-refractivity contribution >= 4 is 15.7 Å². The van der Waals surface area contributed by atoms with Gasteiger partial charge >= 0.3 is 0 Å². The van der Waals surface area contributed by atoms with Crippen molar-refractivity contribution in [2.24, 2.45) is 5.84 Å². The Morgan fingerprint density at radius 3 is 2.38 bits per heavy atom. The number of aromatic nitrogens is 2. The minimum absolute atomic E-state index is 0.163. The molecular formula is C16H20N4O3S. The number of nitrogens with two attached hydrogens (primary N) is 1. The summed E-state index contributed by atoms with van der Waals surface area (Å²) in [5.41, 5.74) is 3.90. The van der Waals surface area contributed by atoms with E-state index in [-0.39, 0.29) is 10.6 Å². The first kappa shape index (κ1) is 18.0. The van der Waals surface area contributed by atoms with E-state index >= 15 is 0 Å². The maximum absolute atomic E-state index is 12.2. The van der Waals surface area contributed by atoms with E-state index in [4.69, 9.17) is 5.84 Å². The van der Waals surface area contributed by atoms with Crippen molar-refractivity contribution in [3.05, 3.63) is 41.9 Å². The second-order valence-electron chi connectivity index (χ2n) is 5.50. The van der Waals surface area contributed by atoms with Gasteiger partial charge in [-0.15, -0.1) is 0 Å². The van der Waals surface area contributed by atoms with Crippen molar-refractivity contribution in [3.63, 3.8) is 0 Å². The molecule has 0 spiro atoms. The van der Waals surface area contributed by atoms with Crippen LogP contribution in [0.25, 0.3) is 11.3 Å². The zero-order chi connectivity index (χ0) is 17.9. The topological polar surface area (TPSA) is 115 Å². The summed E-state index contributed by atoms with van der Waals surface area (Å²) in [6.07, 6.45) is 2.10. The van der Waals surface area contributed by atoms with Crippen molar-refractivity contribution in [1.29, 1.82) is 0 Å². The summed E-state index contributed by atoms with van der Waals surface area (Å²) < 4.78 is 24.3. The SMILES string of the molecule is CCc1ncc(-c2ccc(S(=O)(=O)C(C)C)cc2)nc1C(=O)NN. The Labute approximate surface area is 141 Å². The fourth-order valence-corrected chi connectivity index (χ4v) is 3.21. The number of nitrogens with zero attached hydrogens (tertiary/aromatic N) is 2. The van der Waals surface area contributed by atoms with E-state index in [1.165, 1.54) is 12.1 Å². The van der Waals surface area contributed by atoms with Crippen LogP contribution in [0.4, 0.5) is 0 Å². The number of nitrogen functional groups attached to an aromatic ring is 1. The molecule has 0 aliphatic rings. The summed E-state index contributed by atoms with van der Waals surface area (Å²) in [5, 5.41) is -0.494. The first-order chi connectivity index (χ1) is 11.3. The molecule has 1 amide bonds. The van der Waals surface area contributed by atoms with Crippen LogP contribution in [-0.2, 0) is 16.3 Å². The molecular weight excluding hydrogens is 328 g/mol. The van der Waals surface area contributed by atoms with E-state index in [1.807, 2.05) is 6.92 Å². The predicted octanol–water partition coefficient (Wildman–Crippen LogP) is 1.49. The molecule has 0 unspecified atom stereocenters. The lowest BCUT2D eigenvalue weighted by molar-refractivity contribution is 0.0947. The lowest BCUT2D eigenvalue weighted by Crippen LogP contribution is -2.32. The molecule has 0 saturated carbocycles. The number of carbonyl (C=O) groups excluding carboxylic acids is 1. The van der Waals surface area contributed by atoms with E-state index < -0.39 is 21.0 Å². The number of hydrogen-bond donors (Lipinski definition) is 2. The number of sulfone groups is 1. The molecule has 0 aliphatic heterocycles. The molecule has 24 heavy (non-hydrogen) atoms. The van der Waals surface area contributed by atoms with Crippen LogP contribution in [0.1, 0.15) is 37.0 Å². The molecule has 0 aliphatic carbocycles. The van der Waals surface area contributed by atoms with Gasteiger partial charge in [0.1, 0.15) is 0 Å². The van der Waals surface area contributed by atoms with Crippen LogP contribution in [0.3, 0.4) is 0 Å². The van der Waals surface area contributed by atoms with E-state index in [0.717, 1.165) is 0 Å². The maximum Gasteiger partial charge on any atom is 0.285 e. The lowest BCUT2D eigenvalue weighted by atomic mass is 10.1. The molecule has 1 heterocycles. The lowest BCUT2D eigenvalue weighted by Gasteiger charge is -2.10. The number of amides is 1. The minimum Gasteiger partial charge on any atom is -0.289 e. The Morgan fingerprint density at radius 1 is 1.25 bits per heavy atom. The average Bonchev–Trinajstić information content (AvgIpc) is 2.60. The van der Waals surface area contributed by atoms with E-state index in [1.54, 1.807) is 32.2 Å². The molecule has 0 radical (unpaired) electrons. The quantitative estimate of drug-likeness (QED) is 0.480. The van der Waals surface area contributed by atoms with Crippen LogP contribution in [0, 0.1) is 0 Å². The maximum atomic E-state index is 12.2. The highest BCUT2D eigenvalue weighted by molar-refractivity contribution is 7.92. The van der Waals surface area contributed by atoms with E-state index in [0.29, 0.717) is 23.4 Å². The fraction of sp³-hybridized carbons (Fsp3) is 0.312. The fourth-order valence-electron chi connectivity index (χ4n) is 2.15. The summed E-state index contributed by atoms with van der Waals surface area (Å²) >= 11 is 0. The van der Waals surface area contributed by atoms with Crippen LogP contribution >= 0.6 is 0 Å².